The van der Waals surface area contributed by atoms with Crippen molar-refractivity contribution in [3.63, 3.8) is 0 Å². The molecule has 46 heavy (non-hydrogen) atoms. The van der Waals surface area contributed by atoms with Crippen LogP contribution in [0.1, 0.15) is 67.7 Å². The Kier molecular flexibility index (Phi) is 7.81. The molecular weight excluding hydrogens is 584 g/mol. The maximum atomic E-state index is 13.5. The molecule has 0 atom stereocenters. The second kappa shape index (κ2) is 12.0. The minimum absolute atomic E-state index is 0.0298. The van der Waals surface area contributed by atoms with Crippen LogP contribution in [-0.2, 0) is 6.42 Å². The smallest absolute Gasteiger partial charge is 0.343 e. The van der Waals surface area contributed by atoms with Crippen molar-refractivity contribution in [1.29, 1.82) is 0 Å². The number of benzene rings is 4. The van der Waals surface area contributed by atoms with E-state index < -0.39 is 29.6 Å². The molecule has 2 heterocycles. The number of nitrogens with zero attached hydrogens (tertiary/aromatic N) is 2. The van der Waals surface area contributed by atoms with E-state index in [9.17, 15) is 28.8 Å². The second-order valence-electron chi connectivity index (χ2n) is 10.7. The number of carbonyl (C=O) groups is 6. The van der Waals surface area contributed by atoms with Crippen molar-refractivity contribution in [2.45, 2.75) is 6.42 Å². The van der Waals surface area contributed by atoms with Gasteiger partial charge in [-0.25, -0.2) is 4.79 Å². The van der Waals surface area contributed by atoms with Gasteiger partial charge in [-0.3, -0.25) is 33.8 Å². The highest BCUT2D eigenvalue weighted by Crippen LogP contribution is 2.31. The second-order valence-corrected chi connectivity index (χ2v) is 10.7. The number of hydrogen-bond acceptors (Lipinski definition) is 7. The van der Waals surface area contributed by atoms with Crippen molar-refractivity contribution in [3.05, 3.63) is 149 Å². The van der Waals surface area contributed by atoms with Crippen LogP contribution in [0.15, 0.2) is 110 Å². The fourth-order valence-corrected chi connectivity index (χ4v) is 5.57. The Balaban J connectivity index is 1.26. The van der Waals surface area contributed by atoms with Gasteiger partial charge in [0.15, 0.2) is 5.78 Å². The van der Waals surface area contributed by atoms with Crippen LogP contribution in [-0.4, -0.2) is 58.3 Å². The molecule has 2 aliphatic heterocycles. The minimum atomic E-state index is -0.726. The summed E-state index contributed by atoms with van der Waals surface area (Å²) in [7, 11) is 0. The van der Waals surface area contributed by atoms with Gasteiger partial charge < -0.3 is 4.74 Å². The Hall–Kier alpha value is -6.22. The van der Waals surface area contributed by atoms with Gasteiger partial charge >= 0.3 is 5.97 Å². The third kappa shape index (κ3) is 5.24. The zero-order chi connectivity index (χ0) is 32.5. The molecule has 0 aliphatic carbocycles. The summed E-state index contributed by atoms with van der Waals surface area (Å²) < 4.78 is 5.67. The average molecular weight is 611 g/mol. The molecule has 4 aromatic rings. The first-order valence-corrected chi connectivity index (χ1v) is 14.4. The molecule has 0 unspecified atom stereocenters. The van der Waals surface area contributed by atoms with Crippen molar-refractivity contribution in [3.8, 4) is 16.9 Å². The van der Waals surface area contributed by atoms with E-state index in [1.165, 1.54) is 48.6 Å². The zero-order valence-corrected chi connectivity index (χ0v) is 24.5. The SMILES string of the molecule is C=CCN1C(=O)c2ccc(C(=O)Cc3ccc(OC(=O)c4ccc5c(c4)C(=O)N(CC=C)C5=O)cc3-c3ccccc3)cc2C1=O. The normalized spacial score (nSPS) is 13.5. The summed E-state index contributed by atoms with van der Waals surface area (Å²) in [6.07, 6.45) is 2.88. The number of ether oxygens (including phenoxy) is 1. The number of hydrogen-bond donors (Lipinski definition) is 0. The summed E-state index contributed by atoms with van der Waals surface area (Å²) >= 11 is 0. The molecule has 0 N–H and O–H groups in total. The van der Waals surface area contributed by atoms with Gasteiger partial charge in [0.05, 0.1) is 27.8 Å². The molecule has 0 spiro atoms. The molecule has 2 aliphatic rings. The van der Waals surface area contributed by atoms with Crippen molar-refractivity contribution in [2.24, 2.45) is 0 Å². The molecule has 0 radical (unpaired) electrons. The average Bonchev–Trinajstić information content (AvgIpc) is 3.45. The van der Waals surface area contributed by atoms with Crippen molar-refractivity contribution in [2.75, 3.05) is 13.1 Å². The monoisotopic (exact) mass is 610 g/mol. The van der Waals surface area contributed by atoms with Gasteiger partial charge in [-0.2, -0.15) is 0 Å². The molecular formula is C37H26N2O7. The maximum Gasteiger partial charge on any atom is 0.343 e. The molecule has 0 saturated heterocycles. The Morgan fingerprint density at radius 1 is 0.609 bits per heavy atom. The highest BCUT2D eigenvalue weighted by Gasteiger charge is 2.36. The summed E-state index contributed by atoms with van der Waals surface area (Å²) in [6, 6.07) is 22.9. The lowest BCUT2D eigenvalue weighted by Crippen LogP contribution is -2.29. The Morgan fingerprint density at radius 3 is 1.74 bits per heavy atom. The highest BCUT2D eigenvalue weighted by molar-refractivity contribution is 6.23. The summed E-state index contributed by atoms with van der Waals surface area (Å²) in [4.78, 5) is 79.4. The van der Waals surface area contributed by atoms with Crippen LogP contribution >= 0.6 is 0 Å². The Bertz CT molecular complexity index is 2010. The van der Waals surface area contributed by atoms with Crippen LogP contribution in [0.2, 0.25) is 0 Å². The van der Waals surface area contributed by atoms with Crippen LogP contribution in [0.25, 0.3) is 11.1 Å². The fraction of sp³-hybridized carbons (Fsp3) is 0.0811. The quantitative estimate of drug-likeness (QED) is 0.0758. The first-order valence-electron chi connectivity index (χ1n) is 14.4. The minimum Gasteiger partial charge on any atom is -0.423 e. The summed E-state index contributed by atoms with van der Waals surface area (Å²) in [5, 5.41) is 0. The largest absolute Gasteiger partial charge is 0.423 e. The van der Waals surface area contributed by atoms with E-state index in [1.54, 1.807) is 18.2 Å². The Morgan fingerprint density at radius 2 is 1.15 bits per heavy atom. The third-order valence-corrected chi connectivity index (χ3v) is 7.85. The van der Waals surface area contributed by atoms with E-state index in [0.717, 1.165) is 15.4 Å². The van der Waals surface area contributed by atoms with Gasteiger partial charge in [0.1, 0.15) is 5.75 Å². The van der Waals surface area contributed by atoms with Crippen LogP contribution in [0.4, 0.5) is 0 Å². The van der Waals surface area contributed by atoms with E-state index in [-0.39, 0.29) is 64.4 Å². The van der Waals surface area contributed by atoms with Gasteiger partial charge in [-0.15, -0.1) is 13.2 Å². The van der Waals surface area contributed by atoms with Crippen LogP contribution in [0.3, 0.4) is 0 Å². The molecule has 6 rings (SSSR count). The van der Waals surface area contributed by atoms with Crippen molar-refractivity contribution < 1.29 is 33.5 Å². The van der Waals surface area contributed by atoms with Crippen LogP contribution in [0.5, 0.6) is 5.75 Å². The van der Waals surface area contributed by atoms with E-state index in [0.29, 0.717) is 11.1 Å². The summed E-state index contributed by atoms with van der Waals surface area (Å²) in [6.45, 7) is 7.30. The number of ketones is 1. The predicted octanol–water partition coefficient (Wildman–Crippen LogP) is 5.56. The number of carbonyl (C=O) groups excluding carboxylic acids is 6. The third-order valence-electron chi connectivity index (χ3n) is 7.85. The van der Waals surface area contributed by atoms with E-state index in [2.05, 4.69) is 13.2 Å². The van der Waals surface area contributed by atoms with Gasteiger partial charge in [-0.1, -0.05) is 54.6 Å². The van der Waals surface area contributed by atoms with E-state index in [4.69, 9.17) is 4.74 Å². The number of fused-ring (bicyclic) bond motifs is 2. The van der Waals surface area contributed by atoms with Gasteiger partial charge in [0, 0.05) is 25.1 Å². The number of Topliss-reactive ketones (excluding diaryl/α,β-unsaturated/α-hetero) is 1. The molecule has 9 heteroatoms. The summed E-state index contributed by atoms with van der Waals surface area (Å²) in [5.74, 6) is -2.65. The first-order chi connectivity index (χ1) is 22.2. The fourth-order valence-electron chi connectivity index (χ4n) is 5.57. The molecule has 0 aromatic heterocycles. The lowest BCUT2D eigenvalue weighted by molar-refractivity contribution is 0.0656. The van der Waals surface area contributed by atoms with E-state index >= 15 is 0 Å². The van der Waals surface area contributed by atoms with Crippen LogP contribution < -0.4 is 4.74 Å². The molecule has 226 valence electrons. The standard InChI is InChI=1S/C37H26N2O7/c1-3-16-38-33(41)27-14-11-24(18-30(27)35(38)43)32(40)20-23-10-13-26(21-29(23)22-8-6-5-7-9-22)46-37(45)25-12-15-28-31(19-25)36(44)39(17-4-2)34(28)42/h3-15,18-19,21H,1-2,16-17,20H2. The predicted molar refractivity (Wildman–Crippen MR) is 169 cm³/mol. The topological polar surface area (TPSA) is 118 Å². The number of amides is 4. The molecule has 0 saturated carbocycles. The van der Waals surface area contributed by atoms with Gasteiger partial charge in [-0.05, 0) is 59.2 Å². The van der Waals surface area contributed by atoms with Gasteiger partial charge in [0.25, 0.3) is 23.6 Å². The maximum absolute atomic E-state index is 13.5. The molecule has 9 nitrogen and oxygen atoms in total. The molecule has 0 fully saturated rings. The highest BCUT2D eigenvalue weighted by atomic mass is 16.5. The number of rotatable bonds is 10. The molecule has 0 bridgehead atoms. The molecule has 4 amide bonds. The Labute approximate surface area is 264 Å². The molecule has 4 aromatic carbocycles. The van der Waals surface area contributed by atoms with Crippen molar-refractivity contribution >= 4 is 35.4 Å². The number of esters is 1. The van der Waals surface area contributed by atoms with Gasteiger partial charge in [0.2, 0.25) is 0 Å². The first kappa shape index (κ1) is 29.8. The summed E-state index contributed by atoms with van der Waals surface area (Å²) in [5.41, 5.74) is 3.20. The lowest BCUT2D eigenvalue weighted by Gasteiger charge is -2.13. The zero-order valence-electron chi connectivity index (χ0n) is 24.5. The van der Waals surface area contributed by atoms with Crippen molar-refractivity contribution in [1.82, 2.24) is 9.80 Å². The lowest BCUT2D eigenvalue weighted by atomic mass is 9.93. The van der Waals surface area contributed by atoms with E-state index in [1.807, 2.05) is 30.3 Å². The number of imide groups is 2. The van der Waals surface area contributed by atoms with Crippen LogP contribution in [0, 0.1) is 0 Å².